The zero-order valence-corrected chi connectivity index (χ0v) is 22.5. The van der Waals surface area contributed by atoms with E-state index < -0.39 is 57.9 Å². The van der Waals surface area contributed by atoms with Gasteiger partial charge in [-0.1, -0.05) is 6.42 Å². The number of aliphatic hydroxyl groups is 2. The molecule has 20 heteroatoms. The number of hydrogen-bond donors (Lipinski definition) is 5. The van der Waals surface area contributed by atoms with Crippen molar-refractivity contribution in [1.82, 2.24) is 19.7 Å². The Bertz CT molecular complexity index is 1350. The van der Waals surface area contributed by atoms with E-state index >= 15 is 0 Å². The molecule has 218 valence electrons. The summed E-state index contributed by atoms with van der Waals surface area (Å²) in [5, 5.41) is 25.4. The lowest BCUT2D eigenvalue weighted by atomic mass is 9.91. The Morgan fingerprint density at radius 3 is 2.41 bits per heavy atom. The fraction of sp³-hybridized carbons (Fsp3) is 0.737. The van der Waals surface area contributed by atoms with Gasteiger partial charge in [0.2, 0.25) is 10.9 Å². The summed E-state index contributed by atoms with van der Waals surface area (Å²) in [7, 11) is -10.2. The third kappa shape index (κ3) is 5.34. The van der Waals surface area contributed by atoms with Crippen LogP contribution in [0.15, 0.2) is 6.20 Å². The highest BCUT2D eigenvalue weighted by Gasteiger charge is 2.71. The molecule has 0 aromatic carbocycles. The van der Waals surface area contributed by atoms with Crippen LogP contribution in [0.25, 0.3) is 11.0 Å². The van der Waals surface area contributed by atoms with Crippen LogP contribution < -0.4 is 4.90 Å². The van der Waals surface area contributed by atoms with E-state index in [9.17, 15) is 37.4 Å². The predicted octanol–water partition coefficient (Wildman–Crippen LogP) is 1.60. The number of halogens is 4. The van der Waals surface area contributed by atoms with E-state index in [1.54, 1.807) is 0 Å². The largest absolute Gasteiger partial charge is 0.422 e. The van der Waals surface area contributed by atoms with Crippen molar-refractivity contribution in [3.8, 4) is 0 Å². The van der Waals surface area contributed by atoms with Crippen molar-refractivity contribution in [2.75, 3.05) is 30.5 Å². The fourth-order valence-corrected chi connectivity index (χ4v) is 8.36. The first-order chi connectivity index (χ1) is 18.0. The van der Waals surface area contributed by atoms with Crippen molar-refractivity contribution in [3.05, 3.63) is 11.5 Å². The molecule has 3 fully saturated rings. The number of alkyl halides is 3. The number of aromatic nitrogens is 4. The van der Waals surface area contributed by atoms with Crippen LogP contribution in [0.2, 0.25) is 5.28 Å². The van der Waals surface area contributed by atoms with Gasteiger partial charge in [-0.05, 0) is 36.3 Å². The Morgan fingerprint density at radius 1 is 1.18 bits per heavy atom. The lowest BCUT2D eigenvalue weighted by molar-refractivity contribution is -0.295. The summed E-state index contributed by atoms with van der Waals surface area (Å²) in [6.45, 7) is -0.0537. The fourth-order valence-electron chi connectivity index (χ4n) is 5.64. The monoisotopic (exact) mass is 621 g/mol. The third-order valence-corrected chi connectivity index (χ3v) is 11.1. The number of nitrogens with zero attached hydrogens (tertiary/aromatic N) is 5. The lowest BCUT2D eigenvalue weighted by Gasteiger charge is -2.32. The second kappa shape index (κ2) is 9.86. The number of fused-ring (bicyclic) bond motifs is 2. The van der Waals surface area contributed by atoms with Gasteiger partial charge in [0.1, 0.15) is 18.0 Å². The van der Waals surface area contributed by atoms with E-state index in [1.165, 1.54) is 6.20 Å². The summed E-state index contributed by atoms with van der Waals surface area (Å²) in [6, 6.07) is 0. The van der Waals surface area contributed by atoms with E-state index in [1.807, 2.05) is 4.90 Å². The van der Waals surface area contributed by atoms with Gasteiger partial charge < -0.3 is 39.1 Å². The van der Waals surface area contributed by atoms with Crippen LogP contribution in [-0.2, 0) is 18.4 Å². The van der Waals surface area contributed by atoms with Crippen LogP contribution in [0, 0.1) is 11.8 Å². The van der Waals surface area contributed by atoms with Gasteiger partial charge in [-0.2, -0.15) is 28.2 Å². The highest BCUT2D eigenvalue weighted by Crippen LogP contribution is 2.56. The highest BCUT2D eigenvalue weighted by atomic mass is 35.5. The molecule has 4 heterocycles. The quantitative estimate of drug-likeness (QED) is 0.221. The smallest absolute Gasteiger partial charge is 0.385 e. The van der Waals surface area contributed by atoms with Gasteiger partial charge in [-0.25, -0.2) is 4.68 Å². The summed E-state index contributed by atoms with van der Waals surface area (Å²) in [6.07, 6.45) is -8.23. The Balaban J connectivity index is 1.46. The molecule has 0 radical (unpaired) electrons. The first-order valence-corrected chi connectivity index (χ1v) is 15.7. The molecule has 2 saturated heterocycles. The Labute approximate surface area is 223 Å². The summed E-state index contributed by atoms with van der Waals surface area (Å²) in [5.41, 5.74) is -4.11. The highest BCUT2D eigenvalue weighted by molar-refractivity contribution is 7.70. The number of anilines is 1. The van der Waals surface area contributed by atoms with Crippen LogP contribution in [0.3, 0.4) is 0 Å². The van der Waals surface area contributed by atoms with E-state index in [0.717, 1.165) is 23.9 Å². The molecule has 39 heavy (non-hydrogen) atoms. The number of rotatable bonds is 7. The molecule has 2 aromatic rings. The summed E-state index contributed by atoms with van der Waals surface area (Å²) < 4.78 is 75.7. The van der Waals surface area contributed by atoms with Crippen molar-refractivity contribution >= 4 is 43.6 Å². The number of aliphatic hydroxyl groups excluding tert-OH is 1. The molecular weight excluding hydrogens is 597 g/mol. The predicted molar refractivity (Wildman–Crippen MR) is 127 cm³/mol. The van der Waals surface area contributed by atoms with Gasteiger partial charge in [0.25, 0.3) is 0 Å². The zero-order valence-electron chi connectivity index (χ0n) is 19.9. The summed E-state index contributed by atoms with van der Waals surface area (Å²) >= 11 is 6.14. The van der Waals surface area contributed by atoms with Crippen molar-refractivity contribution in [2.45, 2.75) is 49.5 Å². The summed E-state index contributed by atoms with van der Waals surface area (Å²) in [5.74, 6) is -0.328. The maximum atomic E-state index is 14.0. The van der Waals surface area contributed by atoms with Crippen molar-refractivity contribution < 1.29 is 56.5 Å². The van der Waals surface area contributed by atoms with Crippen LogP contribution >= 0.6 is 26.8 Å². The minimum absolute atomic E-state index is 0.0912. The van der Waals surface area contributed by atoms with E-state index in [4.69, 9.17) is 26.1 Å². The summed E-state index contributed by atoms with van der Waals surface area (Å²) in [4.78, 5) is 37.8. The SMILES string of the molecule is O=P(O)(O)CP(=O)(O)OC[C@H]1O[C@@H](n2ncc3c(N4C[C@H]5CCC[C@H]5C4)nc(Cl)nc32)[C@H](O)[C@@]1(O)C(F)(F)F. The molecule has 0 amide bonds. The van der Waals surface area contributed by atoms with Gasteiger partial charge in [0, 0.05) is 13.1 Å². The molecule has 1 saturated carbocycles. The molecule has 5 N–H and O–H groups in total. The lowest BCUT2D eigenvalue weighted by Crippen LogP contribution is -2.60. The average molecular weight is 622 g/mol. The number of hydrogen-bond acceptors (Lipinski definition) is 10. The van der Waals surface area contributed by atoms with Crippen molar-refractivity contribution in [3.63, 3.8) is 0 Å². The third-order valence-electron chi connectivity index (χ3n) is 7.43. The van der Waals surface area contributed by atoms with Crippen LogP contribution in [0.1, 0.15) is 25.5 Å². The second-order valence-electron chi connectivity index (χ2n) is 10.0. The molecule has 1 unspecified atom stereocenters. The van der Waals surface area contributed by atoms with E-state index in [2.05, 4.69) is 19.6 Å². The molecule has 14 nitrogen and oxygen atoms in total. The van der Waals surface area contributed by atoms with Gasteiger partial charge >= 0.3 is 21.4 Å². The van der Waals surface area contributed by atoms with E-state index in [-0.39, 0.29) is 10.9 Å². The minimum Gasteiger partial charge on any atom is -0.385 e. The average Bonchev–Trinajstić information content (AvgIpc) is 3.54. The van der Waals surface area contributed by atoms with Crippen LogP contribution in [0.4, 0.5) is 19.0 Å². The van der Waals surface area contributed by atoms with Crippen LogP contribution in [-0.4, -0.2) is 94.2 Å². The van der Waals surface area contributed by atoms with Crippen molar-refractivity contribution in [2.24, 2.45) is 11.8 Å². The van der Waals surface area contributed by atoms with Gasteiger partial charge in [0.05, 0.1) is 18.2 Å². The van der Waals surface area contributed by atoms with Crippen LogP contribution in [0.5, 0.6) is 0 Å². The zero-order chi connectivity index (χ0) is 28.5. The first-order valence-electron chi connectivity index (χ1n) is 11.8. The molecule has 3 aliphatic rings. The standard InChI is InChI=1S/C19H25ClF3N5O9P2/c20-17-25-14(27-5-9-2-1-3-10(9)6-27)11-4-24-28(15(11)26-17)16-13(29)18(30,19(21,22)23)12(37-16)7-36-39(34,35)8-38(31,32)33/h4,9-10,12-13,16,29-30H,1-3,5-8H2,(H,34,35)(H2,31,32,33)/t9-,10+,12-,13+,16-,18-/m1/s1. The van der Waals surface area contributed by atoms with Gasteiger partial charge in [0.15, 0.2) is 17.8 Å². The second-order valence-corrected chi connectivity index (χ2v) is 14.4. The van der Waals surface area contributed by atoms with Gasteiger partial charge in [-0.15, -0.1) is 0 Å². The molecule has 2 aliphatic heterocycles. The molecule has 0 bridgehead atoms. The molecule has 1 aliphatic carbocycles. The maximum absolute atomic E-state index is 14.0. The molecule has 7 atom stereocenters. The first kappa shape index (κ1) is 29.1. The Kier molecular flexibility index (Phi) is 7.36. The molecule has 0 spiro atoms. The molecule has 5 rings (SSSR count). The maximum Gasteiger partial charge on any atom is 0.422 e. The van der Waals surface area contributed by atoms with Crippen molar-refractivity contribution in [1.29, 1.82) is 0 Å². The van der Waals surface area contributed by atoms with Gasteiger partial charge in [-0.3, -0.25) is 9.13 Å². The minimum atomic E-state index is -5.54. The topological polar surface area (TPSA) is 201 Å². The molecule has 2 aromatic heterocycles. The molecular formula is C19H25ClF3N5O9P2. The normalized spacial score (nSPS) is 33.2. The Hall–Kier alpha value is -1.39. The Morgan fingerprint density at radius 2 is 1.82 bits per heavy atom. The van der Waals surface area contributed by atoms with E-state index in [0.29, 0.717) is 36.1 Å². The number of ether oxygens (including phenoxy) is 1.